The second-order valence-electron chi connectivity index (χ2n) is 9.00. The first kappa shape index (κ1) is 24.1. The summed E-state index contributed by atoms with van der Waals surface area (Å²) in [4.78, 5) is 7.79. The van der Waals surface area contributed by atoms with E-state index >= 15 is 0 Å². The van der Waals surface area contributed by atoms with Crippen LogP contribution < -0.4 is 10.1 Å². The van der Waals surface area contributed by atoms with Crippen molar-refractivity contribution >= 4 is 16.6 Å². The molecule has 11 heteroatoms. The highest BCUT2D eigenvalue weighted by atomic mass is 19.4. The molecule has 0 aliphatic heterocycles. The molecule has 4 rings (SSSR count). The number of aryl methyl sites for hydroxylation is 1. The third kappa shape index (κ3) is 3.53. The number of nitrogens with zero attached hydrogens (tertiary/aromatic N) is 2. The molecule has 5 nitrogen and oxygen atoms in total. The zero-order valence-corrected chi connectivity index (χ0v) is 18.6. The molecule has 1 aromatic heterocycles. The first-order valence-corrected chi connectivity index (χ1v) is 10.2. The van der Waals surface area contributed by atoms with E-state index in [2.05, 4.69) is 15.3 Å². The molecular weight excluding hydrogens is 464 g/mol. The number of aromatic nitrogens is 2. The molecule has 2 aromatic carbocycles. The Balaban J connectivity index is 2.01. The number of nitrogens with one attached hydrogen (secondary N) is 1. The minimum atomic E-state index is -5.14. The number of methoxy groups -OCH3 is 1. The molecule has 34 heavy (non-hydrogen) atoms. The van der Waals surface area contributed by atoms with Crippen LogP contribution in [0.15, 0.2) is 24.4 Å². The summed E-state index contributed by atoms with van der Waals surface area (Å²) >= 11 is 0. The van der Waals surface area contributed by atoms with Crippen molar-refractivity contribution in [2.24, 2.45) is 0 Å². The van der Waals surface area contributed by atoms with Crippen molar-refractivity contribution in [2.45, 2.75) is 50.4 Å². The molecule has 0 fully saturated rings. The zero-order chi connectivity index (χ0) is 25.2. The van der Waals surface area contributed by atoms with Crippen molar-refractivity contribution < 1.29 is 36.2 Å². The molecule has 182 valence electrons. The van der Waals surface area contributed by atoms with Gasteiger partial charge in [0.1, 0.15) is 11.3 Å². The quantitative estimate of drug-likeness (QED) is 0.480. The topological polar surface area (TPSA) is 67.3 Å². The van der Waals surface area contributed by atoms with Crippen LogP contribution in [-0.4, -0.2) is 34.0 Å². The molecule has 2 unspecified atom stereocenters. The summed E-state index contributed by atoms with van der Waals surface area (Å²) in [6.45, 7) is 4.31. The van der Waals surface area contributed by atoms with Gasteiger partial charge in [0.15, 0.2) is 28.8 Å². The molecule has 0 spiro atoms. The summed E-state index contributed by atoms with van der Waals surface area (Å²) in [5.74, 6) is -3.55. The van der Waals surface area contributed by atoms with Gasteiger partial charge in [0.2, 0.25) is 0 Å². The van der Waals surface area contributed by atoms with Crippen LogP contribution in [0.5, 0.6) is 5.75 Å². The van der Waals surface area contributed by atoms with Crippen LogP contribution in [0.2, 0.25) is 0 Å². The predicted molar refractivity (Wildman–Crippen MR) is 112 cm³/mol. The lowest BCUT2D eigenvalue weighted by atomic mass is 9.63. The fourth-order valence-electron chi connectivity index (χ4n) is 4.78. The second kappa shape index (κ2) is 7.72. The summed E-state index contributed by atoms with van der Waals surface area (Å²) in [5.41, 5.74) is -5.38. The van der Waals surface area contributed by atoms with E-state index in [1.165, 1.54) is 27.9 Å². The van der Waals surface area contributed by atoms with E-state index in [4.69, 9.17) is 4.74 Å². The number of halogens is 6. The van der Waals surface area contributed by atoms with Gasteiger partial charge < -0.3 is 15.2 Å². The predicted octanol–water partition coefficient (Wildman–Crippen LogP) is 5.49. The molecule has 1 aliphatic carbocycles. The third-order valence-corrected chi connectivity index (χ3v) is 6.20. The number of aliphatic hydroxyl groups is 1. The first-order chi connectivity index (χ1) is 15.7. The Morgan fingerprint density at radius 2 is 1.82 bits per heavy atom. The van der Waals surface area contributed by atoms with Crippen LogP contribution in [0, 0.1) is 24.4 Å². The third-order valence-electron chi connectivity index (χ3n) is 6.20. The average molecular weight is 485 g/mol. The molecule has 3 aromatic rings. The van der Waals surface area contributed by atoms with Crippen LogP contribution >= 0.6 is 0 Å². The summed E-state index contributed by atoms with van der Waals surface area (Å²) < 4.78 is 91.4. The van der Waals surface area contributed by atoms with Crippen LogP contribution in [0.25, 0.3) is 10.9 Å². The molecule has 0 radical (unpaired) electrons. The van der Waals surface area contributed by atoms with Gasteiger partial charge in [-0.25, -0.2) is 23.1 Å². The van der Waals surface area contributed by atoms with Gasteiger partial charge in [-0.3, -0.25) is 0 Å². The van der Waals surface area contributed by atoms with E-state index in [9.17, 15) is 31.4 Å². The Labute approximate surface area is 190 Å². The lowest BCUT2D eigenvalue weighted by molar-refractivity contribution is -0.275. The number of rotatable bonds is 3. The number of anilines is 1. The number of hydrogen-bond acceptors (Lipinski definition) is 5. The highest BCUT2D eigenvalue weighted by molar-refractivity contribution is 5.91. The second-order valence-corrected chi connectivity index (χ2v) is 9.00. The largest absolute Gasteiger partial charge is 0.493 e. The van der Waals surface area contributed by atoms with E-state index in [-0.39, 0.29) is 33.8 Å². The molecular formula is C23H21F6N3O2. The SMILES string of the molecule is COc1c(F)ccc2c1C(C)(C)CC(O)(C(F)(F)F)C2Nc1cc(F)c(F)c2nc(C)ncc12. The molecule has 2 N–H and O–H groups in total. The van der Waals surface area contributed by atoms with E-state index in [1.807, 2.05) is 0 Å². The molecule has 0 saturated carbocycles. The molecule has 1 heterocycles. The van der Waals surface area contributed by atoms with Crippen molar-refractivity contribution in [3.63, 3.8) is 0 Å². The van der Waals surface area contributed by atoms with Crippen LogP contribution in [0.1, 0.15) is 43.3 Å². The van der Waals surface area contributed by atoms with Crippen LogP contribution in [-0.2, 0) is 5.41 Å². The van der Waals surface area contributed by atoms with Gasteiger partial charge >= 0.3 is 6.18 Å². The lowest BCUT2D eigenvalue weighted by Crippen LogP contribution is -2.58. The Bertz CT molecular complexity index is 1290. The summed E-state index contributed by atoms with van der Waals surface area (Å²) in [6.07, 6.45) is -4.85. The van der Waals surface area contributed by atoms with Gasteiger partial charge in [0.05, 0.1) is 13.2 Å². The first-order valence-electron chi connectivity index (χ1n) is 10.2. The minimum absolute atomic E-state index is 0.0884. The average Bonchev–Trinajstić information content (AvgIpc) is 2.73. The standard InChI is InChI=1S/C23H21F6N3O2/c1-10-30-8-12-15(7-14(25)17(26)18(12)31-10)32-20-11-5-6-13(24)19(34-4)16(11)21(2,3)9-22(20,33)23(27,28)29/h5-8,20,32-33H,9H2,1-4H3. The van der Waals surface area contributed by atoms with Gasteiger partial charge in [0, 0.05) is 28.9 Å². The number of fused-ring (bicyclic) bond motifs is 2. The number of alkyl halides is 3. The lowest BCUT2D eigenvalue weighted by Gasteiger charge is -2.49. The summed E-state index contributed by atoms with van der Waals surface area (Å²) in [6, 6.07) is 0.804. The normalized spacial score (nSPS) is 21.9. The Hall–Kier alpha value is -3.08. The Kier molecular flexibility index (Phi) is 5.47. The number of hydrogen-bond donors (Lipinski definition) is 2. The zero-order valence-electron chi connectivity index (χ0n) is 18.6. The Morgan fingerprint density at radius 1 is 1.15 bits per heavy atom. The van der Waals surface area contributed by atoms with Crippen molar-refractivity contribution in [3.8, 4) is 5.75 Å². The molecule has 0 amide bonds. The summed E-state index contributed by atoms with van der Waals surface area (Å²) in [7, 11) is 1.18. The van der Waals surface area contributed by atoms with E-state index < -0.39 is 52.6 Å². The van der Waals surface area contributed by atoms with Gasteiger partial charge in [-0.1, -0.05) is 19.9 Å². The molecule has 2 atom stereocenters. The van der Waals surface area contributed by atoms with Crippen molar-refractivity contribution in [1.29, 1.82) is 0 Å². The van der Waals surface area contributed by atoms with Crippen molar-refractivity contribution in [1.82, 2.24) is 9.97 Å². The van der Waals surface area contributed by atoms with Crippen molar-refractivity contribution in [3.05, 3.63) is 58.8 Å². The molecule has 0 bridgehead atoms. The van der Waals surface area contributed by atoms with Crippen LogP contribution in [0.3, 0.4) is 0 Å². The molecule has 1 aliphatic rings. The van der Waals surface area contributed by atoms with Gasteiger partial charge in [-0.05, 0) is 30.4 Å². The van der Waals surface area contributed by atoms with E-state index in [1.54, 1.807) is 0 Å². The van der Waals surface area contributed by atoms with Gasteiger partial charge in [-0.2, -0.15) is 13.2 Å². The maximum absolute atomic E-state index is 14.5. The van der Waals surface area contributed by atoms with Gasteiger partial charge in [-0.15, -0.1) is 0 Å². The van der Waals surface area contributed by atoms with Crippen molar-refractivity contribution in [2.75, 3.05) is 12.4 Å². The fraction of sp³-hybridized carbons (Fsp3) is 0.391. The molecule has 0 saturated heterocycles. The van der Waals surface area contributed by atoms with Gasteiger partial charge in [0.25, 0.3) is 0 Å². The smallest absolute Gasteiger partial charge is 0.419 e. The fourth-order valence-corrected chi connectivity index (χ4v) is 4.78. The van der Waals surface area contributed by atoms with Crippen LogP contribution in [0.4, 0.5) is 32.0 Å². The Morgan fingerprint density at radius 3 is 2.44 bits per heavy atom. The summed E-state index contributed by atoms with van der Waals surface area (Å²) in [5, 5.41) is 13.5. The highest BCUT2D eigenvalue weighted by Crippen LogP contribution is 2.56. The monoisotopic (exact) mass is 485 g/mol. The van der Waals surface area contributed by atoms with E-state index in [0.717, 1.165) is 18.3 Å². The minimum Gasteiger partial charge on any atom is -0.493 e. The highest BCUT2D eigenvalue weighted by Gasteiger charge is 2.64. The number of ether oxygens (including phenoxy) is 1. The van der Waals surface area contributed by atoms with E-state index in [0.29, 0.717) is 6.07 Å². The number of benzene rings is 2. The maximum atomic E-state index is 14.5. The maximum Gasteiger partial charge on any atom is 0.419 e.